The van der Waals surface area contributed by atoms with Gasteiger partial charge in [0.15, 0.2) is 0 Å². The molecule has 0 aliphatic carbocycles. The third-order valence-corrected chi connectivity index (χ3v) is 11.8. The van der Waals surface area contributed by atoms with Gasteiger partial charge in [-0.05, 0) is 81.5 Å². The molecule has 228 valence electrons. The molecule has 3 aliphatic rings. The zero-order chi connectivity index (χ0) is 30.6. The number of amides is 2. The molecule has 6 rings (SSSR count). The van der Waals surface area contributed by atoms with Crippen molar-refractivity contribution >= 4 is 38.2 Å². The average molecular weight is 623 g/mol. The molecule has 1 fully saturated rings. The molecular weight excluding hydrogens is 585 g/mol. The number of hydrogen-bond acceptors (Lipinski definition) is 7. The molecule has 9 nitrogen and oxygen atoms in total. The van der Waals surface area contributed by atoms with Crippen molar-refractivity contribution in [1.29, 1.82) is 0 Å². The molecule has 3 aliphatic heterocycles. The summed E-state index contributed by atoms with van der Waals surface area (Å²) in [5.41, 5.74) is 3.38. The number of carbonyl (C=O) groups excluding carboxylic acids is 2. The first-order chi connectivity index (χ1) is 20.4. The van der Waals surface area contributed by atoms with Crippen LogP contribution in [0.4, 0.5) is 5.00 Å². The van der Waals surface area contributed by atoms with Gasteiger partial charge >= 0.3 is 0 Å². The molecule has 0 atom stereocenters. The van der Waals surface area contributed by atoms with E-state index in [9.17, 15) is 18.0 Å². The number of carbonyl (C=O) groups is 2. The highest BCUT2D eigenvalue weighted by atomic mass is 32.2. The maximum Gasteiger partial charge on any atom is 0.257 e. The minimum absolute atomic E-state index is 0.103. The van der Waals surface area contributed by atoms with Gasteiger partial charge in [0.2, 0.25) is 10.0 Å². The summed E-state index contributed by atoms with van der Waals surface area (Å²) in [7, 11) is -3.73. The summed E-state index contributed by atoms with van der Waals surface area (Å²) >= 11 is 1.43. The molecule has 0 saturated carbocycles. The molecule has 0 radical (unpaired) electrons. The van der Waals surface area contributed by atoms with Crippen LogP contribution in [0.3, 0.4) is 0 Å². The van der Waals surface area contributed by atoms with Crippen LogP contribution >= 0.6 is 11.3 Å². The highest BCUT2D eigenvalue weighted by Gasteiger charge is 2.42. The van der Waals surface area contributed by atoms with E-state index in [-0.39, 0.29) is 16.3 Å². The Balaban J connectivity index is 1.27. The Morgan fingerprint density at radius 2 is 1.63 bits per heavy atom. The highest BCUT2D eigenvalue weighted by molar-refractivity contribution is 7.89. The number of fused-ring (bicyclic) bond motifs is 2. The summed E-state index contributed by atoms with van der Waals surface area (Å²) < 4.78 is 33.8. The van der Waals surface area contributed by atoms with E-state index in [0.29, 0.717) is 68.4 Å². The third-order valence-electron chi connectivity index (χ3n) is 8.43. The van der Waals surface area contributed by atoms with Crippen LogP contribution in [0.2, 0.25) is 0 Å². The van der Waals surface area contributed by atoms with E-state index < -0.39 is 21.5 Å². The van der Waals surface area contributed by atoms with Crippen LogP contribution in [0.5, 0.6) is 0 Å². The van der Waals surface area contributed by atoms with Crippen molar-refractivity contribution in [2.75, 3.05) is 38.2 Å². The molecule has 2 aromatic carbocycles. The molecule has 1 saturated heterocycles. The van der Waals surface area contributed by atoms with Gasteiger partial charge < -0.3 is 20.3 Å². The normalized spacial score (nSPS) is 19.8. The molecule has 2 N–H and O–H groups in total. The van der Waals surface area contributed by atoms with Gasteiger partial charge in [0.25, 0.3) is 11.8 Å². The van der Waals surface area contributed by atoms with Crippen LogP contribution in [0.15, 0.2) is 53.4 Å². The lowest BCUT2D eigenvalue weighted by Gasteiger charge is -2.42. The minimum Gasteiger partial charge on any atom is -0.378 e. The summed E-state index contributed by atoms with van der Waals surface area (Å²) in [5, 5.41) is 7.21. The first-order valence-electron chi connectivity index (χ1n) is 14.7. The number of hydrogen-bond donors (Lipinski definition) is 2. The standard InChI is InChI=1S/C32H38N4O5S2/c1-31(2)19-25-26(30(38)35-15-17-41-18-16-35)29(42-27(25)32(3,4)34-31)33-28(37)22-9-11-24(12-10-22)43(39,40)36-14-13-21-7-5-6-8-23(21)20-36/h5-12,34H,13-20H2,1-4H3,(H,33,37). The lowest BCUT2D eigenvalue weighted by atomic mass is 9.81. The Kier molecular flexibility index (Phi) is 7.75. The van der Waals surface area contributed by atoms with Crippen LogP contribution < -0.4 is 10.6 Å². The summed E-state index contributed by atoms with van der Waals surface area (Å²) in [6.07, 6.45) is 1.31. The second kappa shape index (κ2) is 11.1. The van der Waals surface area contributed by atoms with Crippen molar-refractivity contribution in [3.63, 3.8) is 0 Å². The number of rotatable bonds is 5. The van der Waals surface area contributed by atoms with Gasteiger partial charge in [-0.1, -0.05) is 24.3 Å². The second-order valence-corrected chi connectivity index (χ2v) is 15.6. The number of benzene rings is 2. The zero-order valence-electron chi connectivity index (χ0n) is 25.0. The Morgan fingerprint density at radius 1 is 0.953 bits per heavy atom. The van der Waals surface area contributed by atoms with E-state index in [2.05, 4.69) is 38.3 Å². The number of ether oxygens (including phenoxy) is 1. The fraction of sp³-hybridized carbons (Fsp3) is 0.438. The maximum atomic E-state index is 13.9. The van der Waals surface area contributed by atoms with Gasteiger partial charge in [-0.3, -0.25) is 9.59 Å². The molecule has 0 bridgehead atoms. The van der Waals surface area contributed by atoms with Gasteiger partial charge in [0.1, 0.15) is 5.00 Å². The Morgan fingerprint density at radius 3 is 2.33 bits per heavy atom. The highest BCUT2D eigenvalue weighted by Crippen LogP contribution is 2.45. The van der Waals surface area contributed by atoms with Gasteiger partial charge in [0, 0.05) is 47.7 Å². The largest absolute Gasteiger partial charge is 0.378 e. The topological polar surface area (TPSA) is 108 Å². The van der Waals surface area contributed by atoms with Crippen molar-refractivity contribution in [2.45, 2.75) is 63.1 Å². The smallest absolute Gasteiger partial charge is 0.257 e. The molecule has 43 heavy (non-hydrogen) atoms. The van der Waals surface area contributed by atoms with Crippen molar-refractivity contribution in [2.24, 2.45) is 0 Å². The van der Waals surface area contributed by atoms with Crippen LogP contribution in [-0.2, 0) is 39.7 Å². The van der Waals surface area contributed by atoms with Crippen LogP contribution in [0.1, 0.15) is 70.0 Å². The average Bonchev–Trinajstić information content (AvgIpc) is 3.34. The number of thiophene rings is 1. The van der Waals surface area contributed by atoms with Gasteiger partial charge in [-0.15, -0.1) is 11.3 Å². The Labute approximate surface area is 257 Å². The number of anilines is 1. The van der Waals surface area contributed by atoms with E-state index in [0.717, 1.165) is 16.0 Å². The van der Waals surface area contributed by atoms with Crippen molar-refractivity contribution in [1.82, 2.24) is 14.5 Å². The zero-order valence-corrected chi connectivity index (χ0v) is 26.7. The van der Waals surface area contributed by atoms with E-state index in [4.69, 9.17) is 4.74 Å². The quantitative estimate of drug-likeness (QED) is 0.438. The van der Waals surface area contributed by atoms with Crippen molar-refractivity contribution < 1.29 is 22.7 Å². The Bertz CT molecular complexity index is 1670. The second-order valence-electron chi connectivity index (χ2n) is 12.7. The predicted molar refractivity (Wildman–Crippen MR) is 167 cm³/mol. The number of nitrogens with zero attached hydrogens (tertiary/aromatic N) is 2. The van der Waals surface area contributed by atoms with E-state index in [1.807, 2.05) is 24.3 Å². The van der Waals surface area contributed by atoms with Crippen molar-refractivity contribution in [3.8, 4) is 0 Å². The third kappa shape index (κ3) is 5.76. The molecule has 11 heteroatoms. The first-order valence-corrected chi connectivity index (χ1v) is 16.9. The Hall–Kier alpha value is -3.09. The molecule has 0 unspecified atom stereocenters. The summed E-state index contributed by atoms with van der Waals surface area (Å²) in [4.78, 5) is 30.4. The fourth-order valence-corrected chi connectivity index (χ4v) is 9.23. The molecule has 1 aromatic heterocycles. The summed E-state index contributed by atoms with van der Waals surface area (Å²) in [6, 6.07) is 13.9. The number of sulfonamides is 1. The van der Waals surface area contributed by atoms with Gasteiger partial charge in [-0.2, -0.15) is 4.31 Å². The monoisotopic (exact) mass is 622 g/mol. The molecule has 4 heterocycles. The number of morpholine rings is 1. The van der Waals surface area contributed by atoms with Crippen LogP contribution in [0, 0.1) is 0 Å². The van der Waals surface area contributed by atoms with Gasteiger partial charge in [0.05, 0.1) is 23.7 Å². The molecule has 3 aromatic rings. The summed E-state index contributed by atoms with van der Waals surface area (Å²) in [6.45, 7) is 11.1. The minimum atomic E-state index is -3.73. The van der Waals surface area contributed by atoms with Crippen LogP contribution in [0.25, 0.3) is 0 Å². The summed E-state index contributed by atoms with van der Waals surface area (Å²) in [5.74, 6) is -0.496. The maximum absolute atomic E-state index is 13.9. The lowest BCUT2D eigenvalue weighted by molar-refractivity contribution is 0.0302. The SMILES string of the molecule is CC1(C)Cc2c(sc(NC(=O)c3ccc(S(=O)(=O)N4CCc5ccccc5C4)cc3)c2C(=O)N2CCOCC2)C(C)(C)N1. The molecule has 0 spiro atoms. The predicted octanol–water partition coefficient (Wildman–Crippen LogP) is 4.38. The fourth-order valence-electron chi connectivity index (χ4n) is 6.54. The lowest BCUT2D eigenvalue weighted by Crippen LogP contribution is -2.55. The molecule has 2 amide bonds. The van der Waals surface area contributed by atoms with E-state index in [1.54, 1.807) is 4.90 Å². The van der Waals surface area contributed by atoms with Crippen LogP contribution in [-0.4, -0.2) is 67.8 Å². The van der Waals surface area contributed by atoms with E-state index >= 15 is 0 Å². The van der Waals surface area contributed by atoms with E-state index in [1.165, 1.54) is 45.5 Å². The van der Waals surface area contributed by atoms with Gasteiger partial charge in [-0.25, -0.2) is 8.42 Å². The first kappa shape index (κ1) is 30.0. The number of nitrogens with one attached hydrogen (secondary N) is 2. The molecular formula is C32H38N4O5S2. The van der Waals surface area contributed by atoms with Crippen molar-refractivity contribution in [3.05, 3.63) is 81.2 Å².